The minimum atomic E-state index is -1.89. The minimum absolute atomic E-state index is 0.118. The fraction of sp³-hybridized carbons (Fsp3) is 0.400. The first-order valence-corrected chi connectivity index (χ1v) is 9.71. The van der Waals surface area contributed by atoms with Crippen LogP contribution in [0.2, 0.25) is 0 Å². The van der Waals surface area contributed by atoms with Crippen molar-refractivity contribution in [2.45, 2.75) is 25.1 Å². The molecule has 0 unspecified atom stereocenters. The standard InChI is InChI=1S/C20H21FN6O2/c21-20(19(28)27-11-12-29-16-1-4-22-13-15(16)14-27)2-7-25(8-3-20)17-18-24-6-10-26(18)9-5-23-17/h1,4-6,9-10,13H,2-3,7-8,11-12,14H2. The van der Waals surface area contributed by atoms with Crippen LogP contribution in [0.4, 0.5) is 10.2 Å². The number of alkyl halides is 1. The van der Waals surface area contributed by atoms with Crippen molar-refractivity contribution in [1.29, 1.82) is 0 Å². The predicted octanol–water partition coefficient (Wildman–Crippen LogP) is 1.85. The maximum Gasteiger partial charge on any atom is 0.260 e. The normalized spacial score (nSPS) is 18.8. The average Bonchev–Trinajstić information content (AvgIpc) is 3.13. The zero-order valence-electron chi connectivity index (χ0n) is 15.9. The van der Waals surface area contributed by atoms with Crippen LogP contribution in [0.3, 0.4) is 0 Å². The summed E-state index contributed by atoms with van der Waals surface area (Å²) in [4.78, 5) is 29.5. The molecule has 0 radical (unpaired) electrons. The maximum atomic E-state index is 15.7. The van der Waals surface area contributed by atoms with Gasteiger partial charge in [0.15, 0.2) is 17.1 Å². The summed E-state index contributed by atoms with van der Waals surface area (Å²) >= 11 is 0. The Morgan fingerprint density at radius 1 is 1.10 bits per heavy atom. The number of pyridine rings is 1. The van der Waals surface area contributed by atoms with Gasteiger partial charge in [-0.3, -0.25) is 9.78 Å². The third-order valence-electron chi connectivity index (χ3n) is 5.66. The molecule has 1 saturated heterocycles. The molecular weight excluding hydrogens is 375 g/mol. The fourth-order valence-electron chi connectivity index (χ4n) is 4.03. The lowest BCUT2D eigenvalue weighted by atomic mass is 9.91. The molecule has 3 aromatic rings. The average molecular weight is 396 g/mol. The largest absolute Gasteiger partial charge is 0.491 e. The van der Waals surface area contributed by atoms with Gasteiger partial charge in [0.2, 0.25) is 0 Å². The quantitative estimate of drug-likeness (QED) is 0.658. The maximum absolute atomic E-state index is 15.7. The number of fused-ring (bicyclic) bond motifs is 2. The summed E-state index contributed by atoms with van der Waals surface area (Å²) < 4.78 is 23.2. The van der Waals surface area contributed by atoms with E-state index in [4.69, 9.17) is 4.74 Å². The Kier molecular flexibility index (Phi) is 4.30. The van der Waals surface area contributed by atoms with E-state index in [9.17, 15) is 4.79 Å². The third-order valence-corrected chi connectivity index (χ3v) is 5.66. The second kappa shape index (κ2) is 6.98. The van der Waals surface area contributed by atoms with E-state index >= 15 is 4.39 Å². The monoisotopic (exact) mass is 396 g/mol. The zero-order valence-corrected chi connectivity index (χ0v) is 15.9. The Morgan fingerprint density at radius 3 is 2.72 bits per heavy atom. The predicted molar refractivity (Wildman–Crippen MR) is 103 cm³/mol. The number of carbonyl (C=O) groups excluding carboxylic acids is 1. The molecule has 8 nitrogen and oxygen atoms in total. The van der Waals surface area contributed by atoms with Gasteiger partial charge in [0.25, 0.3) is 5.91 Å². The van der Waals surface area contributed by atoms with Crippen LogP contribution in [0.1, 0.15) is 18.4 Å². The molecule has 0 N–H and O–H groups in total. The Balaban J connectivity index is 1.31. The number of hydrogen-bond donors (Lipinski definition) is 0. The van der Waals surface area contributed by atoms with E-state index in [1.165, 1.54) is 0 Å². The van der Waals surface area contributed by atoms with Crippen molar-refractivity contribution in [3.8, 4) is 5.75 Å². The number of halogens is 1. The highest BCUT2D eigenvalue weighted by atomic mass is 19.1. The van der Waals surface area contributed by atoms with Gasteiger partial charge in [-0.2, -0.15) is 0 Å². The molecule has 3 aromatic heterocycles. The molecule has 150 valence electrons. The van der Waals surface area contributed by atoms with Crippen molar-refractivity contribution in [1.82, 2.24) is 24.3 Å². The Morgan fingerprint density at radius 2 is 1.90 bits per heavy atom. The molecule has 0 saturated carbocycles. The van der Waals surface area contributed by atoms with E-state index < -0.39 is 11.6 Å². The van der Waals surface area contributed by atoms with Gasteiger partial charge in [-0.25, -0.2) is 14.4 Å². The molecule has 0 spiro atoms. The molecule has 0 aliphatic carbocycles. The lowest BCUT2D eigenvalue weighted by Crippen LogP contribution is -2.52. The number of imidazole rings is 1. The topological polar surface area (TPSA) is 75.9 Å². The number of anilines is 1. The highest BCUT2D eigenvalue weighted by Crippen LogP contribution is 2.33. The van der Waals surface area contributed by atoms with E-state index in [-0.39, 0.29) is 12.8 Å². The first-order valence-electron chi connectivity index (χ1n) is 9.71. The van der Waals surface area contributed by atoms with Gasteiger partial charge in [-0.05, 0) is 6.07 Å². The van der Waals surface area contributed by atoms with Gasteiger partial charge in [0.1, 0.15) is 12.4 Å². The van der Waals surface area contributed by atoms with Crippen LogP contribution in [0.5, 0.6) is 5.75 Å². The summed E-state index contributed by atoms with van der Waals surface area (Å²) in [7, 11) is 0. The highest BCUT2D eigenvalue weighted by molar-refractivity contribution is 5.86. The number of carbonyl (C=O) groups is 1. The molecule has 2 aliphatic heterocycles. The van der Waals surface area contributed by atoms with Crippen molar-refractivity contribution in [2.24, 2.45) is 0 Å². The number of piperidine rings is 1. The Labute approximate surface area is 166 Å². The van der Waals surface area contributed by atoms with Crippen molar-refractivity contribution < 1.29 is 13.9 Å². The summed E-state index contributed by atoms with van der Waals surface area (Å²) in [6.07, 6.45) is 10.6. The highest BCUT2D eigenvalue weighted by Gasteiger charge is 2.45. The molecule has 9 heteroatoms. The summed E-state index contributed by atoms with van der Waals surface area (Å²) in [5, 5.41) is 0. The van der Waals surface area contributed by atoms with Crippen molar-refractivity contribution >= 4 is 17.4 Å². The smallest absolute Gasteiger partial charge is 0.260 e. The van der Waals surface area contributed by atoms with Crippen LogP contribution in [0.25, 0.3) is 5.65 Å². The van der Waals surface area contributed by atoms with Gasteiger partial charge in [-0.15, -0.1) is 0 Å². The third kappa shape index (κ3) is 3.16. The number of amides is 1. The van der Waals surface area contributed by atoms with E-state index in [2.05, 4.69) is 15.0 Å². The number of aromatic nitrogens is 4. The van der Waals surface area contributed by atoms with Crippen LogP contribution in [-0.2, 0) is 11.3 Å². The number of ether oxygens (including phenoxy) is 1. The SMILES string of the molecule is O=C(N1CCOc2ccncc2C1)C1(F)CCN(c2nccn3ccnc23)CC1. The summed E-state index contributed by atoms with van der Waals surface area (Å²) in [6.45, 7) is 1.83. The summed E-state index contributed by atoms with van der Waals surface area (Å²) in [6, 6.07) is 1.77. The van der Waals surface area contributed by atoms with Gasteiger partial charge in [-0.1, -0.05) is 0 Å². The molecular formula is C20H21FN6O2. The van der Waals surface area contributed by atoms with Crippen molar-refractivity contribution in [3.05, 3.63) is 48.8 Å². The van der Waals surface area contributed by atoms with E-state index in [1.54, 1.807) is 35.8 Å². The molecule has 0 atom stereocenters. The van der Waals surface area contributed by atoms with Crippen molar-refractivity contribution in [3.63, 3.8) is 0 Å². The Hall–Kier alpha value is -3.23. The van der Waals surface area contributed by atoms with Crippen molar-refractivity contribution in [2.75, 3.05) is 31.1 Å². The molecule has 5 heterocycles. The molecule has 0 aromatic carbocycles. The van der Waals surface area contributed by atoms with Crippen LogP contribution >= 0.6 is 0 Å². The van der Waals surface area contributed by atoms with E-state index in [0.717, 1.165) is 17.0 Å². The number of nitrogens with zero attached hydrogens (tertiary/aromatic N) is 6. The van der Waals surface area contributed by atoms with Crippen LogP contribution in [0, 0.1) is 0 Å². The lowest BCUT2D eigenvalue weighted by Gasteiger charge is -2.38. The van der Waals surface area contributed by atoms with Gasteiger partial charge < -0.3 is 18.9 Å². The molecule has 2 aliphatic rings. The van der Waals surface area contributed by atoms with Crippen LogP contribution in [-0.4, -0.2) is 62.1 Å². The molecule has 5 rings (SSSR count). The second-order valence-electron chi connectivity index (χ2n) is 7.42. The first-order chi connectivity index (χ1) is 14.1. The molecule has 0 bridgehead atoms. The number of rotatable bonds is 2. The Bertz CT molecular complexity index is 1050. The second-order valence-corrected chi connectivity index (χ2v) is 7.42. The van der Waals surface area contributed by atoms with E-state index in [0.29, 0.717) is 38.5 Å². The van der Waals surface area contributed by atoms with Crippen LogP contribution < -0.4 is 9.64 Å². The molecule has 1 amide bonds. The van der Waals surface area contributed by atoms with Gasteiger partial charge >= 0.3 is 0 Å². The van der Waals surface area contributed by atoms with Crippen LogP contribution in [0.15, 0.2) is 43.2 Å². The summed E-state index contributed by atoms with van der Waals surface area (Å²) in [5.74, 6) is 0.955. The van der Waals surface area contributed by atoms with Gasteiger partial charge in [0.05, 0.1) is 13.1 Å². The molecule has 1 fully saturated rings. The summed E-state index contributed by atoms with van der Waals surface area (Å²) in [5.41, 5.74) is -0.350. The number of hydrogen-bond acceptors (Lipinski definition) is 6. The van der Waals surface area contributed by atoms with Gasteiger partial charge in [0, 0.05) is 68.7 Å². The van der Waals surface area contributed by atoms with E-state index in [1.807, 2.05) is 21.7 Å². The lowest BCUT2D eigenvalue weighted by molar-refractivity contribution is -0.146. The zero-order chi connectivity index (χ0) is 19.8. The minimum Gasteiger partial charge on any atom is -0.491 e. The first kappa shape index (κ1) is 17.8. The fourth-order valence-corrected chi connectivity index (χ4v) is 4.03. The molecule has 29 heavy (non-hydrogen) atoms.